The van der Waals surface area contributed by atoms with Gasteiger partial charge in [0.15, 0.2) is 0 Å². The van der Waals surface area contributed by atoms with Crippen LogP contribution in [0.1, 0.15) is 36.1 Å². The van der Waals surface area contributed by atoms with Gasteiger partial charge in [-0.25, -0.2) is 18.0 Å². The van der Waals surface area contributed by atoms with E-state index < -0.39 is 27.7 Å². The first-order valence-corrected chi connectivity index (χ1v) is 12.7. The molecule has 0 saturated carbocycles. The average Bonchev–Trinajstić information content (AvgIpc) is 2.83. The molecule has 1 atom stereocenters. The minimum absolute atomic E-state index is 0.0350. The Balaban J connectivity index is 1.66. The first-order valence-electron chi connectivity index (χ1n) is 11.2. The number of carbonyl (C=O) groups is 1. The van der Waals surface area contributed by atoms with Crippen LogP contribution >= 0.6 is 0 Å². The Morgan fingerprint density at radius 1 is 1.00 bits per heavy atom. The van der Waals surface area contributed by atoms with Gasteiger partial charge in [0.2, 0.25) is 10.0 Å². The second kappa shape index (κ2) is 10.2. The summed E-state index contributed by atoms with van der Waals surface area (Å²) in [5.74, 6) is -0.687. The van der Waals surface area contributed by atoms with E-state index in [1.165, 1.54) is 24.3 Å². The van der Waals surface area contributed by atoms with Crippen LogP contribution < -0.4 is 15.1 Å². The Bertz CT molecular complexity index is 1510. The molecule has 0 radical (unpaired) electrons. The summed E-state index contributed by atoms with van der Waals surface area (Å²) in [6.07, 6.45) is 1.56. The van der Waals surface area contributed by atoms with Crippen molar-refractivity contribution in [3.8, 4) is 5.75 Å². The molecule has 35 heavy (non-hydrogen) atoms. The van der Waals surface area contributed by atoms with Crippen LogP contribution in [0.25, 0.3) is 11.0 Å². The van der Waals surface area contributed by atoms with Crippen molar-refractivity contribution in [3.05, 3.63) is 106 Å². The lowest BCUT2D eigenvalue weighted by molar-refractivity contribution is -0.136. The molecule has 180 valence electrons. The molecule has 3 aromatic carbocycles. The van der Waals surface area contributed by atoms with E-state index in [9.17, 15) is 18.0 Å². The summed E-state index contributed by atoms with van der Waals surface area (Å²) in [4.78, 5) is 25.2. The normalized spacial score (nSPS) is 12.4. The second-order valence-electron chi connectivity index (χ2n) is 8.20. The topological polar surface area (TPSA) is 103 Å². The van der Waals surface area contributed by atoms with E-state index in [0.717, 1.165) is 22.9 Å². The molecule has 1 aromatic heterocycles. The van der Waals surface area contributed by atoms with Gasteiger partial charge in [-0.3, -0.25) is 0 Å². The maximum absolute atomic E-state index is 13.2. The maximum Gasteiger partial charge on any atom is 0.336 e. The number of rotatable bonds is 8. The smallest absolute Gasteiger partial charge is 0.336 e. The van der Waals surface area contributed by atoms with Gasteiger partial charge < -0.3 is 9.15 Å². The molecule has 1 N–H and O–H groups in total. The van der Waals surface area contributed by atoms with E-state index in [0.29, 0.717) is 17.6 Å². The Kier molecular flexibility index (Phi) is 7.14. The predicted molar refractivity (Wildman–Crippen MR) is 133 cm³/mol. The van der Waals surface area contributed by atoms with Crippen LogP contribution in [0.4, 0.5) is 0 Å². The highest BCUT2D eigenvalue weighted by molar-refractivity contribution is 7.89. The second-order valence-corrected chi connectivity index (χ2v) is 9.91. The average molecular weight is 492 g/mol. The minimum atomic E-state index is -4.02. The molecule has 0 spiro atoms. The van der Waals surface area contributed by atoms with Gasteiger partial charge in [-0.1, -0.05) is 61.4 Å². The highest BCUT2D eigenvalue weighted by Crippen LogP contribution is 2.26. The first kappa shape index (κ1) is 24.4. The monoisotopic (exact) mass is 491 g/mol. The van der Waals surface area contributed by atoms with Gasteiger partial charge in [0, 0.05) is 17.5 Å². The summed E-state index contributed by atoms with van der Waals surface area (Å²) in [6.45, 7) is 3.86. The van der Waals surface area contributed by atoms with E-state index >= 15 is 0 Å². The summed E-state index contributed by atoms with van der Waals surface area (Å²) in [7, 11) is -4.02. The van der Waals surface area contributed by atoms with E-state index in [-0.39, 0.29) is 10.6 Å². The zero-order valence-electron chi connectivity index (χ0n) is 19.4. The number of aryl methyl sites for hydroxylation is 2. The molecule has 4 rings (SSSR count). The molecule has 0 aliphatic rings. The van der Waals surface area contributed by atoms with Gasteiger partial charge >= 0.3 is 11.6 Å². The van der Waals surface area contributed by atoms with Crippen LogP contribution in [0.3, 0.4) is 0 Å². The molecule has 1 heterocycles. The number of hydrogen-bond donors (Lipinski definition) is 1. The lowest BCUT2D eigenvalue weighted by atomic mass is 10.1. The number of benzene rings is 3. The number of carbonyl (C=O) groups excluding carboxylic acids is 1. The van der Waals surface area contributed by atoms with Gasteiger partial charge in [-0.15, -0.1) is 0 Å². The van der Waals surface area contributed by atoms with Crippen LogP contribution in [0, 0.1) is 6.92 Å². The molecule has 8 heteroatoms. The van der Waals surface area contributed by atoms with Crippen LogP contribution in [-0.2, 0) is 21.2 Å². The number of fused-ring (bicyclic) bond motifs is 1. The Morgan fingerprint density at radius 2 is 1.71 bits per heavy atom. The van der Waals surface area contributed by atoms with Gasteiger partial charge in [0.25, 0.3) is 0 Å². The summed E-state index contributed by atoms with van der Waals surface area (Å²) in [5, 5.41) is 0.755. The van der Waals surface area contributed by atoms with E-state index in [2.05, 4.69) is 4.72 Å². The molecule has 0 aliphatic carbocycles. The molecule has 0 amide bonds. The Hall–Kier alpha value is -3.75. The number of nitrogens with one attached hydrogen (secondary N) is 1. The molecule has 0 fully saturated rings. The lowest BCUT2D eigenvalue weighted by Crippen LogP contribution is -2.36. The van der Waals surface area contributed by atoms with Gasteiger partial charge in [0.05, 0.1) is 4.90 Å². The van der Waals surface area contributed by atoms with Crippen molar-refractivity contribution < 1.29 is 22.4 Å². The van der Waals surface area contributed by atoms with Gasteiger partial charge in [0.1, 0.15) is 17.4 Å². The molecule has 0 unspecified atom stereocenters. The zero-order chi connectivity index (χ0) is 25.0. The fourth-order valence-electron chi connectivity index (χ4n) is 3.76. The maximum atomic E-state index is 13.2. The van der Waals surface area contributed by atoms with Gasteiger partial charge in [-0.2, -0.15) is 4.72 Å². The minimum Gasteiger partial charge on any atom is -0.425 e. The zero-order valence-corrected chi connectivity index (χ0v) is 20.2. The SMILES string of the molecule is CCCc1cc(=O)oc2cc(OC(=O)[C@@H](NS(=O)(=O)c3ccc(C)cc3)c3ccccc3)ccc12. The number of sulfonamides is 1. The van der Waals surface area contributed by atoms with E-state index in [1.54, 1.807) is 54.6 Å². The first-order chi connectivity index (χ1) is 16.8. The third-order valence-corrected chi connectivity index (χ3v) is 6.95. The largest absolute Gasteiger partial charge is 0.425 e. The summed E-state index contributed by atoms with van der Waals surface area (Å²) < 4.78 is 39.4. The van der Waals surface area contributed by atoms with E-state index in [4.69, 9.17) is 9.15 Å². The van der Waals surface area contributed by atoms with Crippen LogP contribution in [0.2, 0.25) is 0 Å². The molecule has 4 aromatic rings. The van der Waals surface area contributed by atoms with Crippen molar-refractivity contribution in [1.29, 1.82) is 0 Å². The quantitative estimate of drug-likeness (QED) is 0.218. The summed E-state index contributed by atoms with van der Waals surface area (Å²) in [5.41, 5.74) is 1.99. The molecule has 7 nitrogen and oxygen atoms in total. The lowest BCUT2D eigenvalue weighted by Gasteiger charge is -2.18. The highest BCUT2D eigenvalue weighted by atomic mass is 32.2. The standard InChI is InChI=1S/C27H25NO6S/c1-3-7-20-16-25(29)34-24-17-21(12-15-23(20)24)33-27(30)26(19-8-5-4-6-9-19)28-35(31,32)22-13-10-18(2)11-14-22/h4-6,8-17,26,28H,3,7H2,1-2H3/t26-/m0/s1. The van der Waals surface area contributed by atoms with Crippen LogP contribution in [0.5, 0.6) is 5.75 Å². The summed E-state index contributed by atoms with van der Waals surface area (Å²) >= 11 is 0. The van der Waals surface area contributed by atoms with Crippen molar-refractivity contribution in [2.24, 2.45) is 0 Å². The third-order valence-electron chi connectivity index (χ3n) is 5.51. The highest BCUT2D eigenvalue weighted by Gasteiger charge is 2.29. The molecule has 0 saturated heterocycles. The van der Waals surface area contributed by atoms with Crippen LogP contribution in [0.15, 0.2) is 93.0 Å². The molecule has 0 aliphatic heterocycles. The van der Waals surface area contributed by atoms with Crippen molar-refractivity contribution in [1.82, 2.24) is 4.72 Å². The molecule has 0 bridgehead atoms. The molecular formula is C27H25NO6S. The molecular weight excluding hydrogens is 466 g/mol. The van der Waals surface area contributed by atoms with E-state index in [1.807, 2.05) is 13.8 Å². The predicted octanol–water partition coefficient (Wildman–Crippen LogP) is 4.68. The van der Waals surface area contributed by atoms with Crippen molar-refractivity contribution in [2.45, 2.75) is 37.6 Å². The Morgan fingerprint density at radius 3 is 2.40 bits per heavy atom. The number of ether oxygens (including phenoxy) is 1. The fraction of sp³-hybridized carbons (Fsp3) is 0.185. The van der Waals surface area contributed by atoms with Crippen molar-refractivity contribution in [3.63, 3.8) is 0 Å². The summed E-state index contributed by atoms with van der Waals surface area (Å²) in [6, 6.07) is 19.7. The number of esters is 1. The van der Waals surface area contributed by atoms with Crippen molar-refractivity contribution in [2.75, 3.05) is 0 Å². The Labute approximate surface area is 203 Å². The fourth-order valence-corrected chi connectivity index (χ4v) is 4.94. The van der Waals surface area contributed by atoms with Crippen LogP contribution in [-0.4, -0.2) is 14.4 Å². The number of hydrogen-bond acceptors (Lipinski definition) is 6. The third kappa shape index (κ3) is 5.67. The van der Waals surface area contributed by atoms with Crippen molar-refractivity contribution >= 4 is 27.0 Å². The van der Waals surface area contributed by atoms with Gasteiger partial charge in [-0.05, 0) is 48.7 Å².